The predicted molar refractivity (Wildman–Crippen MR) is 81.5 cm³/mol. The van der Waals surface area contributed by atoms with Crippen molar-refractivity contribution in [3.8, 4) is 0 Å². The highest BCUT2D eigenvalue weighted by Crippen LogP contribution is 2.09. The zero-order chi connectivity index (χ0) is 16.2. The summed E-state index contributed by atoms with van der Waals surface area (Å²) in [6.07, 6.45) is 3.42. The van der Waals surface area contributed by atoms with E-state index in [4.69, 9.17) is 16.7 Å². The number of rotatable bonds is 6. The summed E-state index contributed by atoms with van der Waals surface area (Å²) in [7, 11) is -3.70. The molecule has 2 aromatic rings. The lowest BCUT2D eigenvalue weighted by Crippen LogP contribution is -2.24. The van der Waals surface area contributed by atoms with Crippen LogP contribution in [0.2, 0.25) is 5.02 Å². The lowest BCUT2D eigenvalue weighted by molar-refractivity contribution is -0.121. The molecule has 2 rings (SSSR count). The maximum Gasteiger partial charge on any atom is 0.238 e. The highest BCUT2D eigenvalue weighted by molar-refractivity contribution is 7.89. The standard InChI is InChI=1S/C13H15ClN4O3S/c14-11-8-17-18(9-11)6-5-13(19)16-7-10-1-3-12(4-2-10)22(15,20)21/h1-4,8-9H,5-7H2,(H,16,19)(H2,15,20,21). The van der Waals surface area contributed by atoms with E-state index in [1.807, 2.05) is 0 Å². The van der Waals surface area contributed by atoms with Crippen molar-refractivity contribution in [2.75, 3.05) is 0 Å². The number of nitrogens with zero attached hydrogens (tertiary/aromatic N) is 2. The van der Waals surface area contributed by atoms with Crippen molar-refractivity contribution in [1.29, 1.82) is 0 Å². The van der Waals surface area contributed by atoms with Gasteiger partial charge in [0.05, 0.1) is 16.1 Å². The number of carbonyl (C=O) groups is 1. The van der Waals surface area contributed by atoms with E-state index in [9.17, 15) is 13.2 Å². The van der Waals surface area contributed by atoms with Crippen LogP contribution in [0.3, 0.4) is 0 Å². The molecule has 0 unspecified atom stereocenters. The van der Waals surface area contributed by atoms with Gasteiger partial charge in [-0.05, 0) is 17.7 Å². The van der Waals surface area contributed by atoms with Gasteiger partial charge >= 0.3 is 0 Å². The molecule has 0 fully saturated rings. The molecule has 118 valence electrons. The van der Waals surface area contributed by atoms with Gasteiger partial charge in [0.15, 0.2) is 0 Å². The highest BCUT2D eigenvalue weighted by Gasteiger charge is 2.07. The molecule has 0 aliphatic heterocycles. The number of aromatic nitrogens is 2. The molecule has 1 aromatic carbocycles. The second kappa shape index (κ2) is 6.91. The highest BCUT2D eigenvalue weighted by atomic mass is 35.5. The van der Waals surface area contributed by atoms with Crippen LogP contribution in [-0.4, -0.2) is 24.1 Å². The summed E-state index contributed by atoms with van der Waals surface area (Å²) in [4.78, 5) is 11.8. The van der Waals surface area contributed by atoms with Gasteiger partial charge in [-0.1, -0.05) is 23.7 Å². The Morgan fingerprint density at radius 3 is 2.55 bits per heavy atom. The Balaban J connectivity index is 1.81. The third-order valence-electron chi connectivity index (χ3n) is 2.91. The molecule has 22 heavy (non-hydrogen) atoms. The number of amides is 1. The first-order chi connectivity index (χ1) is 10.3. The van der Waals surface area contributed by atoms with Crippen LogP contribution in [0.15, 0.2) is 41.6 Å². The van der Waals surface area contributed by atoms with Gasteiger partial charge in [-0.25, -0.2) is 13.6 Å². The van der Waals surface area contributed by atoms with Crippen LogP contribution in [0.1, 0.15) is 12.0 Å². The van der Waals surface area contributed by atoms with Gasteiger partial charge in [0.2, 0.25) is 15.9 Å². The van der Waals surface area contributed by atoms with Crippen molar-refractivity contribution in [2.24, 2.45) is 5.14 Å². The van der Waals surface area contributed by atoms with E-state index in [2.05, 4.69) is 10.4 Å². The molecular weight excluding hydrogens is 328 g/mol. The number of carbonyl (C=O) groups excluding carboxylic acids is 1. The van der Waals surface area contributed by atoms with Crippen LogP contribution in [0, 0.1) is 0 Å². The van der Waals surface area contributed by atoms with Crippen LogP contribution in [-0.2, 0) is 27.9 Å². The molecule has 0 bridgehead atoms. The number of nitrogens with one attached hydrogen (secondary N) is 1. The number of primary sulfonamides is 1. The molecular formula is C13H15ClN4O3S. The summed E-state index contributed by atoms with van der Waals surface area (Å²) >= 11 is 5.73. The molecule has 0 aliphatic carbocycles. The summed E-state index contributed by atoms with van der Waals surface area (Å²) in [5, 5.41) is 12.2. The third-order valence-corrected chi connectivity index (χ3v) is 4.04. The topological polar surface area (TPSA) is 107 Å². The van der Waals surface area contributed by atoms with Crippen LogP contribution in [0.25, 0.3) is 0 Å². The van der Waals surface area contributed by atoms with Crippen LogP contribution < -0.4 is 10.5 Å². The second-order valence-corrected chi connectivity index (χ2v) is 6.64. The third kappa shape index (κ3) is 4.83. The van der Waals surface area contributed by atoms with Gasteiger partial charge < -0.3 is 5.32 Å². The molecule has 9 heteroatoms. The lowest BCUT2D eigenvalue weighted by atomic mass is 10.2. The molecule has 0 radical (unpaired) electrons. The predicted octanol–water partition coefficient (Wildman–Crippen LogP) is 0.890. The Bertz CT molecular complexity index is 756. The smallest absolute Gasteiger partial charge is 0.238 e. The average molecular weight is 343 g/mol. The fourth-order valence-electron chi connectivity index (χ4n) is 1.76. The van der Waals surface area contributed by atoms with Crippen molar-refractivity contribution in [3.63, 3.8) is 0 Å². The fourth-order valence-corrected chi connectivity index (χ4v) is 2.43. The molecule has 0 saturated carbocycles. The Morgan fingerprint density at radius 1 is 1.32 bits per heavy atom. The summed E-state index contributed by atoms with van der Waals surface area (Å²) in [5.41, 5.74) is 0.780. The fraction of sp³-hybridized carbons (Fsp3) is 0.231. The van der Waals surface area contributed by atoms with E-state index in [0.29, 0.717) is 18.1 Å². The van der Waals surface area contributed by atoms with Gasteiger partial charge in [0.1, 0.15) is 0 Å². The zero-order valence-electron chi connectivity index (χ0n) is 11.6. The van der Waals surface area contributed by atoms with Crippen molar-refractivity contribution < 1.29 is 13.2 Å². The Morgan fingerprint density at radius 2 is 2.00 bits per heavy atom. The van der Waals surface area contributed by atoms with E-state index in [1.54, 1.807) is 23.0 Å². The number of hydrogen-bond acceptors (Lipinski definition) is 4. The van der Waals surface area contributed by atoms with E-state index in [0.717, 1.165) is 5.56 Å². The van der Waals surface area contributed by atoms with Gasteiger partial charge in [0.25, 0.3) is 0 Å². The Hall–Kier alpha value is -1.90. The Kier molecular flexibility index (Phi) is 5.17. The van der Waals surface area contributed by atoms with Crippen LogP contribution in [0.5, 0.6) is 0 Å². The van der Waals surface area contributed by atoms with E-state index in [-0.39, 0.29) is 17.2 Å². The molecule has 7 nitrogen and oxygen atoms in total. The summed E-state index contributed by atoms with van der Waals surface area (Å²) < 4.78 is 23.8. The number of halogens is 1. The molecule has 1 amide bonds. The van der Waals surface area contributed by atoms with Crippen LogP contribution >= 0.6 is 11.6 Å². The minimum absolute atomic E-state index is 0.0399. The van der Waals surface area contributed by atoms with Crippen molar-refractivity contribution in [3.05, 3.63) is 47.2 Å². The number of benzene rings is 1. The Labute approximate surface area is 133 Å². The maximum atomic E-state index is 11.7. The number of nitrogens with two attached hydrogens (primary N) is 1. The van der Waals surface area contributed by atoms with E-state index < -0.39 is 10.0 Å². The lowest BCUT2D eigenvalue weighted by Gasteiger charge is -2.06. The van der Waals surface area contributed by atoms with Gasteiger partial charge in [-0.2, -0.15) is 5.10 Å². The van der Waals surface area contributed by atoms with Crippen LogP contribution in [0.4, 0.5) is 0 Å². The number of hydrogen-bond donors (Lipinski definition) is 2. The minimum Gasteiger partial charge on any atom is -0.352 e. The molecule has 3 N–H and O–H groups in total. The molecule has 0 atom stereocenters. The number of sulfonamides is 1. The normalized spacial score (nSPS) is 11.4. The summed E-state index contributed by atoms with van der Waals surface area (Å²) in [6, 6.07) is 6.02. The average Bonchev–Trinajstić information content (AvgIpc) is 2.88. The monoisotopic (exact) mass is 342 g/mol. The quantitative estimate of drug-likeness (QED) is 0.812. The van der Waals surface area contributed by atoms with Gasteiger partial charge in [0, 0.05) is 25.7 Å². The second-order valence-electron chi connectivity index (χ2n) is 4.64. The van der Waals surface area contributed by atoms with Gasteiger partial charge in [-0.15, -0.1) is 0 Å². The molecule has 0 saturated heterocycles. The first-order valence-electron chi connectivity index (χ1n) is 6.41. The van der Waals surface area contributed by atoms with Crippen molar-refractivity contribution in [1.82, 2.24) is 15.1 Å². The zero-order valence-corrected chi connectivity index (χ0v) is 13.1. The van der Waals surface area contributed by atoms with E-state index >= 15 is 0 Å². The summed E-state index contributed by atoms with van der Waals surface area (Å²) in [5.74, 6) is -0.137. The molecule has 0 spiro atoms. The number of aryl methyl sites for hydroxylation is 1. The first-order valence-corrected chi connectivity index (χ1v) is 8.33. The van der Waals surface area contributed by atoms with Crippen molar-refractivity contribution >= 4 is 27.5 Å². The molecule has 0 aliphatic rings. The largest absolute Gasteiger partial charge is 0.352 e. The minimum atomic E-state index is -3.70. The van der Waals surface area contributed by atoms with E-state index in [1.165, 1.54) is 18.3 Å². The molecule has 1 heterocycles. The van der Waals surface area contributed by atoms with Crippen molar-refractivity contribution in [2.45, 2.75) is 24.4 Å². The maximum absolute atomic E-state index is 11.7. The van der Waals surface area contributed by atoms with Gasteiger partial charge in [-0.3, -0.25) is 9.48 Å². The first kappa shape index (κ1) is 16.5. The SMILES string of the molecule is NS(=O)(=O)c1ccc(CNC(=O)CCn2cc(Cl)cn2)cc1. The summed E-state index contributed by atoms with van der Waals surface area (Å²) in [6.45, 7) is 0.743. The molecule has 1 aromatic heterocycles.